The number of nitrogens with one attached hydrogen (secondary N) is 1. The van der Waals surface area contributed by atoms with Crippen LogP contribution in [0.25, 0.3) is 0 Å². The van der Waals surface area contributed by atoms with E-state index in [9.17, 15) is 13.6 Å². The smallest absolute Gasteiger partial charge is 0.260 e. The van der Waals surface area contributed by atoms with Crippen LogP contribution in [-0.2, 0) is 0 Å². The first-order valence-corrected chi connectivity index (χ1v) is 5.61. The first-order chi connectivity index (χ1) is 8.47. The SMILES string of the molecule is Cc1nsc(NC(=O)c2cc(N)c(F)cc2F)n1. The average molecular weight is 270 g/mol. The van der Waals surface area contributed by atoms with Gasteiger partial charge in [-0.15, -0.1) is 0 Å². The topological polar surface area (TPSA) is 80.9 Å². The Balaban J connectivity index is 2.26. The number of rotatable bonds is 2. The summed E-state index contributed by atoms with van der Waals surface area (Å²) < 4.78 is 30.2. The number of anilines is 2. The van der Waals surface area contributed by atoms with Crippen LogP contribution >= 0.6 is 11.5 Å². The molecular weight excluding hydrogens is 262 g/mol. The molecule has 2 aromatic rings. The molecule has 0 unspecified atom stereocenters. The van der Waals surface area contributed by atoms with Gasteiger partial charge in [-0.3, -0.25) is 10.1 Å². The molecule has 3 N–H and O–H groups in total. The zero-order valence-electron chi connectivity index (χ0n) is 9.20. The Kier molecular flexibility index (Phi) is 3.19. The van der Waals surface area contributed by atoms with Crippen molar-refractivity contribution in [2.45, 2.75) is 6.92 Å². The molecule has 94 valence electrons. The number of halogens is 2. The monoisotopic (exact) mass is 270 g/mol. The second-order valence-corrected chi connectivity index (χ2v) is 4.21. The third-order valence-corrected chi connectivity index (χ3v) is 2.80. The maximum atomic E-state index is 13.4. The van der Waals surface area contributed by atoms with Crippen LogP contribution in [0.3, 0.4) is 0 Å². The molecule has 0 fully saturated rings. The van der Waals surface area contributed by atoms with Gasteiger partial charge in [0, 0.05) is 17.6 Å². The second-order valence-electron chi connectivity index (χ2n) is 3.45. The highest BCUT2D eigenvalue weighted by Crippen LogP contribution is 2.18. The van der Waals surface area contributed by atoms with Crippen molar-refractivity contribution in [2.75, 3.05) is 11.1 Å². The molecule has 5 nitrogen and oxygen atoms in total. The highest BCUT2D eigenvalue weighted by molar-refractivity contribution is 7.09. The Hall–Kier alpha value is -2.09. The van der Waals surface area contributed by atoms with Crippen molar-refractivity contribution in [1.82, 2.24) is 9.36 Å². The van der Waals surface area contributed by atoms with Crippen molar-refractivity contribution < 1.29 is 13.6 Å². The molecule has 0 aliphatic carbocycles. The summed E-state index contributed by atoms with van der Waals surface area (Å²) in [6, 6.07) is 1.50. The Morgan fingerprint density at radius 3 is 2.72 bits per heavy atom. The molecule has 0 aliphatic heterocycles. The van der Waals surface area contributed by atoms with E-state index in [4.69, 9.17) is 5.73 Å². The number of nitrogens with two attached hydrogens (primary N) is 1. The predicted molar refractivity (Wildman–Crippen MR) is 63.4 cm³/mol. The van der Waals surface area contributed by atoms with Crippen molar-refractivity contribution in [3.8, 4) is 0 Å². The highest BCUT2D eigenvalue weighted by Gasteiger charge is 2.16. The van der Waals surface area contributed by atoms with Crippen molar-refractivity contribution in [1.29, 1.82) is 0 Å². The fraction of sp³-hybridized carbons (Fsp3) is 0.100. The largest absolute Gasteiger partial charge is 0.396 e. The fourth-order valence-electron chi connectivity index (χ4n) is 1.25. The number of carbonyl (C=O) groups is 1. The second kappa shape index (κ2) is 4.65. The van der Waals surface area contributed by atoms with E-state index >= 15 is 0 Å². The molecule has 0 bridgehead atoms. The van der Waals surface area contributed by atoms with E-state index in [1.54, 1.807) is 6.92 Å². The van der Waals surface area contributed by atoms with E-state index in [0.29, 0.717) is 11.9 Å². The summed E-state index contributed by atoms with van der Waals surface area (Å²) in [7, 11) is 0. The maximum Gasteiger partial charge on any atom is 0.260 e. The normalized spacial score (nSPS) is 10.4. The van der Waals surface area contributed by atoms with Gasteiger partial charge in [-0.1, -0.05) is 0 Å². The fourth-order valence-corrected chi connectivity index (χ4v) is 1.82. The van der Waals surface area contributed by atoms with Crippen molar-refractivity contribution in [2.24, 2.45) is 0 Å². The number of hydrogen-bond acceptors (Lipinski definition) is 5. The van der Waals surface area contributed by atoms with Crippen LogP contribution in [0.2, 0.25) is 0 Å². The van der Waals surface area contributed by atoms with Gasteiger partial charge in [-0.2, -0.15) is 4.37 Å². The standard InChI is InChI=1S/C10H8F2N4OS/c1-4-14-10(18-16-4)15-9(17)5-2-8(13)7(12)3-6(5)11/h2-3H,13H2,1H3,(H,14,15,16,17). The Labute approximate surface area is 105 Å². The Bertz CT molecular complexity index is 614. The van der Waals surface area contributed by atoms with Gasteiger partial charge >= 0.3 is 0 Å². The molecule has 1 aromatic heterocycles. The number of amides is 1. The summed E-state index contributed by atoms with van der Waals surface area (Å²) in [4.78, 5) is 15.6. The Morgan fingerprint density at radius 1 is 1.39 bits per heavy atom. The minimum atomic E-state index is -0.986. The first-order valence-electron chi connectivity index (χ1n) is 4.83. The van der Waals surface area contributed by atoms with Gasteiger partial charge in [0.25, 0.3) is 5.91 Å². The van der Waals surface area contributed by atoms with Gasteiger partial charge in [-0.25, -0.2) is 13.8 Å². The van der Waals surface area contributed by atoms with E-state index in [2.05, 4.69) is 14.7 Å². The molecule has 8 heteroatoms. The molecule has 1 aromatic carbocycles. The summed E-state index contributed by atoms with van der Waals surface area (Å²) in [5.41, 5.74) is 4.64. The van der Waals surface area contributed by atoms with Crippen molar-refractivity contribution >= 4 is 28.3 Å². The van der Waals surface area contributed by atoms with Crippen LogP contribution in [0.5, 0.6) is 0 Å². The molecule has 0 saturated heterocycles. The lowest BCUT2D eigenvalue weighted by atomic mass is 10.1. The lowest BCUT2D eigenvalue weighted by molar-refractivity contribution is 0.102. The quantitative estimate of drug-likeness (QED) is 0.817. The van der Waals surface area contributed by atoms with Crippen LogP contribution in [-0.4, -0.2) is 15.3 Å². The molecule has 1 amide bonds. The molecule has 0 saturated carbocycles. The van der Waals surface area contributed by atoms with Crippen LogP contribution in [0.15, 0.2) is 12.1 Å². The number of benzene rings is 1. The number of nitrogen functional groups attached to an aromatic ring is 1. The zero-order valence-corrected chi connectivity index (χ0v) is 10.0. The van der Waals surface area contributed by atoms with Crippen molar-refractivity contribution in [3.05, 3.63) is 35.2 Å². The molecule has 2 rings (SSSR count). The summed E-state index contributed by atoms with van der Waals surface area (Å²) >= 11 is 0.965. The van der Waals surface area contributed by atoms with E-state index in [-0.39, 0.29) is 16.4 Å². The first kappa shape index (κ1) is 12.4. The summed E-state index contributed by atoms with van der Waals surface area (Å²) in [6.45, 7) is 1.66. The predicted octanol–water partition coefficient (Wildman–Crippen LogP) is 1.96. The number of hydrogen-bond donors (Lipinski definition) is 2. The van der Waals surface area contributed by atoms with Crippen LogP contribution in [0, 0.1) is 18.6 Å². The highest BCUT2D eigenvalue weighted by atomic mass is 32.1. The molecule has 0 radical (unpaired) electrons. The third-order valence-electron chi connectivity index (χ3n) is 2.08. The van der Waals surface area contributed by atoms with E-state index in [1.165, 1.54) is 0 Å². The van der Waals surface area contributed by atoms with E-state index in [0.717, 1.165) is 17.6 Å². The number of carbonyl (C=O) groups excluding carboxylic acids is 1. The molecule has 0 atom stereocenters. The van der Waals surface area contributed by atoms with Crippen LogP contribution < -0.4 is 11.1 Å². The number of aryl methyl sites for hydroxylation is 1. The van der Waals surface area contributed by atoms with Gasteiger partial charge in [0.2, 0.25) is 5.13 Å². The summed E-state index contributed by atoms with van der Waals surface area (Å²) in [5, 5.41) is 2.59. The molecular formula is C10H8F2N4OS. The minimum absolute atomic E-state index is 0.236. The van der Waals surface area contributed by atoms with E-state index in [1.807, 2.05) is 0 Å². The van der Waals surface area contributed by atoms with Gasteiger partial charge in [-0.05, 0) is 13.0 Å². The van der Waals surface area contributed by atoms with Gasteiger partial charge in [0.15, 0.2) is 0 Å². The van der Waals surface area contributed by atoms with Gasteiger partial charge in [0.05, 0.1) is 11.3 Å². The lowest BCUT2D eigenvalue weighted by Gasteiger charge is -2.04. The van der Waals surface area contributed by atoms with Crippen LogP contribution in [0.1, 0.15) is 16.2 Å². The molecule has 1 heterocycles. The zero-order chi connectivity index (χ0) is 13.3. The van der Waals surface area contributed by atoms with E-state index < -0.39 is 17.5 Å². The van der Waals surface area contributed by atoms with Gasteiger partial charge in [0.1, 0.15) is 17.5 Å². The third kappa shape index (κ3) is 2.43. The Morgan fingerprint density at radius 2 is 2.11 bits per heavy atom. The molecule has 18 heavy (non-hydrogen) atoms. The number of nitrogens with zero attached hydrogens (tertiary/aromatic N) is 2. The number of aromatic nitrogens is 2. The van der Waals surface area contributed by atoms with Crippen LogP contribution in [0.4, 0.5) is 19.6 Å². The minimum Gasteiger partial charge on any atom is -0.396 e. The molecule has 0 aliphatic rings. The lowest BCUT2D eigenvalue weighted by Crippen LogP contribution is -2.14. The summed E-state index contributed by atoms with van der Waals surface area (Å²) in [5.74, 6) is -2.15. The summed E-state index contributed by atoms with van der Waals surface area (Å²) in [6.07, 6.45) is 0. The van der Waals surface area contributed by atoms with Gasteiger partial charge < -0.3 is 5.73 Å². The average Bonchev–Trinajstić information content (AvgIpc) is 2.69. The van der Waals surface area contributed by atoms with Crippen molar-refractivity contribution in [3.63, 3.8) is 0 Å². The maximum absolute atomic E-state index is 13.4. The molecule has 0 spiro atoms.